The fourth-order valence-corrected chi connectivity index (χ4v) is 3.55. The van der Waals surface area contributed by atoms with Crippen LogP contribution >= 0.6 is 23.2 Å². The molecule has 4 rings (SSSR count). The van der Waals surface area contributed by atoms with Gasteiger partial charge in [0.2, 0.25) is 0 Å². The van der Waals surface area contributed by atoms with Gasteiger partial charge in [-0.2, -0.15) is 0 Å². The smallest absolute Gasteiger partial charge is 0.254 e. The van der Waals surface area contributed by atoms with Crippen molar-refractivity contribution in [3.8, 4) is 0 Å². The van der Waals surface area contributed by atoms with E-state index in [-0.39, 0.29) is 5.91 Å². The minimum atomic E-state index is 0.00327. The third kappa shape index (κ3) is 4.20. The zero-order chi connectivity index (χ0) is 18.8. The molecular weight excluding hydrogens is 379 g/mol. The standard InChI is InChI=1S/C22H20Cl2N2O/c23-20-11-8-17(13-21(20)24)22(27)26(18-9-10-18)15-19-7-4-12-25(19)14-16-5-2-1-3-6-16/h1-8,11-13,18H,9-10,14-15H2. The van der Waals surface area contributed by atoms with Gasteiger partial charge >= 0.3 is 0 Å². The van der Waals surface area contributed by atoms with Crippen molar-refractivity contribution in [2.45, 2.75) is 32.0 Å². The molecule has 3 nitrogen and oxygen atoms in total. The number of nitrogens with zero attached hydrogens (tertiary/aromatic N) is 2. The van der Waals surface area contributed by atoms with Gasteiger partial charge in [-0.3, -0.25) is 4.79 Å². The number of halogens is 2. The molecule has 0 unspecified atom stereocenters. The highest BCUT2D eigenvalue weighted by atomic mass is 35.5. The molecule has 0 radical (unpaired) electrons. The molecule has 1 aliphatic carbocycles. The first-order valence-corrected chi connectivity index (χ1v) is 9.81. The number of carbonyl (C=O) groups is 1. The summed E-state index contributed by atoms with van der Waals surface area (Å²) < 4.78 is 2.20. The van der Waals surface area contributed by atoms with Crippen LogP contribution in [0.2, 0.25) is 10.0 Å². The van der Waals surface area contributed by atoms with E-state index in [9.17, 15) is 4.79 Å². The molecule has 1 fully saturated rings. The van der Waals surface area contributed by atoms with Crippen LogP contribution in [0.5, 0.6) is 0 Å². The molecule has 27 heavy (non-hydrogen) atoms. The molecule has 3 aromatic rings. The SMILES string of the molecule is O=C(c1ccc(Cl)c(Cl)c1)N(Cc1cccn1Cc1ccccc1)C1CC1. The first-order valence-electron chi connectivity index (χ1n) is 9.06. The van der Waals surface area contributed by atoms with Crippen LogP contribution < -0.4 is 0 Å². The summed E-state index contributed by atoms with van der Waals surface area (Å²) in [5.41, 5.74) is 2.94. The van der Waals surface area contributed by atoms with E-state index in [0.717, 1.165) is 25.1 Å². The Balaban J connectivity index is 1.55. The van der Waals surface area contributed by atoms with E-state index in [2.05, 4.69) is 29.0 Å². The first kappa shape index (κ1) is 18.1. The average molecular weight is 399 g/mol. The maximum atomic E-state index is 13.1. The number of hydrogen-bond acceptors (Lipinski definition) is 1. The minimum Gasteiger partial charge on any atom is -0.345 e. The molecule has 1 heterocycles. The van der Waals surface area contributed by atoms with E-state index in [1.165, 1.54) is 5.56 Å². The van der Waals surface area contributed by atoms with Crippen molar-refractivity contribution in [2.24, 2.45) is 0 Å². The van der Waals surface area contributed by atoms with Crippen LogP contribution in [0.4, 0.5) is 0 Å². The largest absolute Gasteiger partial charge is 0.345 e. The molecule has 1 saturated carbocycles. The number of rotatable bonds is 6. The summed E-state index contributed by atoms with van der Waals surface area (Å²) in [7, 11) is 0. The molecule has 1 aromatic heterocycles. The second-order valence-electron chi connectivity index (χ2n) is 6.91. The van der Waals surface area contributed by atoms with Gasteiger partial charge in [0, 0.05) is 30.0 Å². The summed E-state index contributed by atoms with van der Waals surface area (Å²) >= 11 is 12.1. The Bertz CT molecular complexity index is 948. The van der Waals surface area contributed by atoms with Gasteiger partial charge in [-0.15, -0.1) is 0 Å². The maximum Gasteiger partial charge on any atom is 0.254 e. The van der Waals surface area contributed by atoms with E-state index in [1.807, 2.05) is 29.2 Å². The highest BCUT2D eigenvalue weighted by Gasteiger charge is 2.33. The molecule has 0 bridgehead atoms. The molecule has 0 atom stereocenters. The Kier molecular flexibility index (Phi) is 5.24. The lowest BCUT2D eigenvalue weighted by molar-refractivity contribution is 0.0726. The van der Waals surface area contributed by atoms with Crippen molar-refractivity contribution < 1.29 is 4.79 Å². The summed E-state index contributed by atoms with van der Waals surface area (Å²) in [6.07, 6.45) is 4.16. The fourth-order valence-electron chi connectivity index (χ4n) is 3.25. The van der Waals surface area contributed by atoms with Crippen molar-refractivity contribution in [3.63, 3.8) is 0 Å². The monoisotopic (exact) mass is 398 g/mol. The second-order valence-corrected chi connectivity index (χ2v) is 7.72. The molecule has 1 amide bonds. The van der Waals surface area contributed by atoms with Gasteiger partial charge in [-0.25, -0.2) is 0 Å². The molecular formula is C22H20Cl2N2O. The van der Waals surface area contributed by atoms with Crippen LogP contribution in [0.25, 0.3) is 0 Å². The van der Waals surface area contributed by atoms with Crippen LogP contribution in [-0.4, -0.2) is 21.4 Å². The number of hydrogen-bond donors (Lipinski definition) is 0. The molecule has 0 aliphatic heterocycles. The number of aromatic nitrogens is 1. The summed E-state index contributed by atoms with van der Waals surface area (Å²) in [5, 5.41) is 0.869. The Morgan fingerprint density at radius 2 is 1.78 bits per heavy atom. The van der Waals surface area contributed by atoms with Crippen LogP contribution in [0.3, 0.4) is 0 Å². The third-order valence-electron chi connectivity index (χ3n) is 4.87. The van der Waals surface area contributed by atoms with Gasteiger partial charge in [-0.1, -0.05) is 53.5 Å². The Labute approximate surface area is 169 Å². The van der Waals surface area contributed by atoms with Crippen molar-refractivity contribution in [1.82, 2.24) is 9.47 Å². The second kappa shape index (κ2) is 7.79. The molecule has 2 aromatic carbocycles. The predicted octanol–water partition coefficient (Wildman–Crippen LogP) is 5.65. The van der Waals surface area contributed by atoms with Crippen molar-refractivity contribution in [3.05, 3.63) is 93.7 Å². The lowest BCUT2D eigenvalue weighted by Crippen LogP contribution is -2.33. The summed E-state index contributed by atoms with van der Waals surface area (Å²) in [5.74, 6) is 0.00327. The van der Waals surface area contributed by atoms with Crippen LogP contribution in [0, 0.1) is 0 Å². The third-order valence-corrected chi connectivity index (χ3v) is 5.61. The van der Waals surface area contributed by atoms with Crippen LogP contribution in [0.1, 0.15) is 34.5 Å². The summed E-state index contributed by atoms with van der Waals surface area (Å²) in [6, 6.07) is 19.8. The topological polar surface area (TPSA) is 25.2 Å². The lowest BCUT2D eigenvalue weighted by Gasteiger charge is -2.24. The van der Waals surface area contributed by atoms with Gasteiger partial charge in [0.05, 0.1) is 16.6 Å². The van der Waals surface area contributed by atoms with E-state index >= 15 is 0 Å². The predicted molar refractivity (Wildman–Crippen MR) is 109 cm³/mol. The zero-order valence-corrected chi connectivity index (χ0v) is 16.3. The molecule has 0 N–H and O–H groups in total. The van der Waals surface area contributed by atoms with Gasteiger partial charge < -0.3 is 9.47 Å². The molecule has 138 valence electrons. The normalized spacial score (nSPS) is 13.6. The van der Waals surface area contributed by atoms with Crippen molar-refractivity contribution in [2.75, 3.05) is 0 Å². The Hall–Kier alpha value is -2.23. The Morgan fingerprint density at radius 3 is 2.48 bits per heavy atom. The van der Waals surface area contributed by atoms with E-state index in [1.54, 1.807) is 18.2 Å². The van der Waals surface area contributed by atoms with Crippen LogP contribution in [0.15, 0.2) is 66.9 Å². The van der Waals surface area contributed by atoms with Gasteiger partial charge in [-0.05, 0) is 48.7 Å². The average Bonchev–Trinajstić information content (AvgIpc) is 3.43. The number of benzene rings is 2. The summed E-state index contributed by atoms with van der Waals surface area (Å²) in [6.45, 7) is 1.38. The molecule has 5 heteroatoms. The van der Waals surface area contributed by atoms with Crippen molar-refractivity contribution >= 4 is 29.1 Å². The molecule has 0 spiro atoms. The zero-order valence-electron chi connectivity index (χ0n) is 14.8. The van der Waals surface area contributed by atoms with Crippen LogP contribution in [-0.2, 0) is 13.1 Å². The molecule has 0 saturated heterocycles. The highest BCUT2D eigenvalue weighted by molar-refractivity contribution is 6.42. The minimum absolute atomic E-state index is 0.00327. The Morgan fingerprint density at radius 1 is 1.00 bits per heavy atom. The fraction of sp³-hybridized carbons (Fsp3) is 0.227. The van der Waals surface area contributed by atoms with Crippen molar-refractivity contribution in [1.29, 1.82) is 0 Å². The van der Waals surface area contributed by atoms with Gasteiger partial charge in [0.25, 0.3) is 5.91 Å². The van der Waals surface area contributed by atoms with Gasteiger partial charge in [0.15, 0.2) is 0 Å². The number of amides is 1. The van der Waals surface area contributed by atoms with Gasteiger partial charge in [0.1, 0.15) is 0 Å². The first-order chi connectivity index (χ1) is 13.1. The lowest BCUT2D eigenvalue weighted by atomic mass is 10.2. The summed E-state index contributed by atoms with van der Waals surface area (Å²) in [4.78, 5) is 15.1. The van der Waals surface area contributed by atoms with E-state index in [4.69, 9.17) is 23.2 Å². The van der Waals surface area contributed by atoms with E-state index in [0.29, 0.717) is 28.2 Å². The maximum absolute atomic E-state index is 13.1. The molecule has 1 aliphatic rings. The number of carbonyl (C=O) groups excluding carboxylic acids is 1. The quantitative estimate of drug-likeness (QED) is 0.526. The van der Waals surface area contributed by atoms with E-state index < -0.39 is 0 Å². The highest BCUT2D eigenvalue weighted by Crippen LogP contribution is 2.31.